The van der Waals surface area contributed by atoms with Crippen LogP contribution in [0.5, 0.6) is 11.5 Å². The SMILES string of the molecule is CCOc1ccc(C2=C(Nc3ccccc3OCC)C(=O)N(Cc3ccco3)C2=O)cc1. The summed E-state index contributed by atoms with van der Waals surface area (Å²) in [5, 5.41) is 3.15. The highest BCUT2D eigenvalue weighted by Crippen LogP contribution is 2.34. The monoisotopic (exact) mass is 432 g/mol. The van der Waals surface area contributed by atoms with Crippen LogP contribution < -0.4 is 14.8 Å². The molecule has 3 aromatic rings. The number of imide groups is 1. The predicted octanol–water partition coefficient (Wildman–Crippen LogP) is 4.47. The average molecular weight is 432 g/mol. The molecule has 0 bridgehead atoms. The van der Waals surface area contributed by atoms with E-state index in [4.69, 9.17) is 13.9 Å². The normalized spacial score (nSPS) is 13.6. The first-order chi connectivity index (χ1) is 15.6. The Labute approximate surface area is 186 Å². The minimum atomic E-state index is -0.429. The third-order valence-electron chi connectivity index (χ3n) is 4.96. The van der Waals surface area contributed by atoms with Gasteiger partial charge >= 0.3 is 0 Å². The van der Waals surface area contributed by atoms with Crippen molar-refractivity contribution < 1.29 is 23.5 Å². The molecule has 0 aliphatic carbocycles. The fourth-order valence-electron chi connectivity index (χ4n) is 3.53. The maximum atomic E-state index is 13.4. The number of ether oxygens (including phenoxy) is 2. The number of furan rings is 1. The third-order valence-corrected chi connectivity index (χ3v) is 4.96. The number of benzene rings is 2. The molecule has 2 heterocycles. The lowest BCUT2D eigenvalue weighted by atomic mass is 10.0. The van der Waals surface area contributed by atoms with E-state index in [1.165, 1.54) is 11.2 Å². The Morgan fingerprint density at radius 2 is 1.62 bits per heavy atom. The predicted molar refractivity (Wildman–Crippen MR) is 120 cm³/mol. The number of anilines is 1. The Kier molecular flexibility index (Phi) is 6.26. The van der Waals surface area contributed by atoms with Crippen LogP contribution in [-0.2, 0) is 16.1 Å². The van der Waals surface area contributed by atoms with Gasteiger partial charge in [0.2, 0.25) is 0 Å². The van der Waals surface area contributed by atoms with E-state index in [-0.39, 0.29) is 17.8 Å². The molecule has 1 aromatic heterocycles. The van der Waals surface area contributed by atoms with Gasteiger partial charge in [-0.1, -0.05) is 24.3 Å². The van der Waals surface area contributed by atoms with E-state index < -0.39 is 11.8 Å². The Hall–Kier alpha value is -4.00. The van der Waals surface area contributed by atoms with Gasteiger partial charge in [0.25, 0.3) is 11.8 Å². The van der Waals surface area contributed by atoms with E-state index in [0.717, 1.165) is 0 Å². The zero-order chi connectivity index (χ0) is 22.5. The molecule has 2 aromatic carbocycles. The Morgan fingerprint density at radius 1 is 0.875 bits per heavy atom. The number of carbonyl (C=O) groups excluding carboxylic acids is 2. The summed E-state index contributed by atoms with van der Waals surface area (Å²) in [4.78, 5) is 27.9. The van der Waals surface area contributed by atoms with E-state index in [2.05, 4.69) is 5.32 Å². The van der Waals surface area contributed by atoms with Gasteiger partial charge < -0.3 is 19.2 Å². The fourth-order valence-corrected chi connectivity index (χ4v) is 3.53. The summed E-state index contributed by atoms with van der Waals surface area (Å²) in [5.41, 5.74) is 1.70. The molecule has 164 valence electrons. The van der Waals surface area contributed by atoms with Gasteiger partial charge in [-0.2, -0.15) is 0 Å². The first-order valence-electron chi connectivity index (χ1n) is 10.5. The number of para-hydroxylation sites is 2. The first-order valence-corrected chi connectivity index (χ1v) is 10.5. The van der Waals surface area contributed by atoms with Crippen LogP contribution >= 0.6 is 0 Å². The van der Waals surface area contributed by atoms with Crippen molar-refractivity contribution in [3.8, 4) is 11.5 Å². The number of hydrogen-bond donors (Lipinski definition) is 1. The summed E-state index contributed by atoms with van der Waals surface area (Å²) in [6.45, 7) is 4.85. The summed E-state index contributed by atoms with van der Waals surface area (Å²) < 4.78 is 16.5. The molecule has 0 atom stereocenters. The van der Waals surface area contributed by atoms with Gasteiger partial charge in [0, 0.05) is 0 Å². The molecule has 7 heteroatoms. The van der Waals surface area contributed by atoms with E-state index in [1.807, 2.05) is 32.0 Å². The summed E-state index contributed by atoms with van der Waals surface area (Å²) in [6.07, 6.45) is 1.51. The average Bonchev–Trinajstić information content (AvgIpc) is 3.39. The lowest BCUT2D eigenvalue weighted by molar-refractivity contribution is -0.137. The molecular weight excluding hydrogens is 408 g/mol. The van der Waals surface area contributed by atoms with Crippen LogP contribution in [0, 0.1) is 0 Å². The zero-order valence-corrected chi connectivity index (χ0v) is 18.0. The molecule has 1 aliphatic rings. The number of nitrogens with zero attached hydrogens (tertiary/aromatic N) is 1. The van der Waals surface area contributed by atoms with Crippen molar-refractivity contribution in [1.82, 2.24) is 4.90 Å². The number of carbonyl (C=O) groups is 2. The molecule has 0 unspecified atom stereocenters. The van der Waals surface area contributed by atoms with Crippen molar-refractivity contribution in [3.63, 3.8) is 0 Å². The van der Waals surface area contributed by atoms with Gasteiger partial charge in [-0.15, -0.1) is 0 Å². The van der Waals surface area contributed by atoms with Crippen LogP contribution in [0.1, 0.15) is 25.2 Å². The van der Waals surface area contributed by atoms with Gasteiger partial charge in [-0.3, -0.25) is 14.5 Å². The van der Waals surface area contributed by atoms with Gasteiger partial charge in [0.1, 0.15) is 23.0 Å². The molecule has 0 radical (unpaired) electrons. The van der Waals surface area contributed by atoms with Crippen molar-refractivity contribution in [2.45, 2.75) is 20.4 Å². The van der Waals surface area contributed by atoms with Crippen molar-refractivity contribution in [2.24, 2.45) is 0 Å². The molecule has 0 fully saturated rings. The molecular formula is C25H24N2O5. The van der Waals surface area contributed by atoms with Crippen molar-refractivity contribution in [3.05, 3.63) is 83.9 Å². The highest BCUT2D eigenvalue weighted by Gasteiger charge is 2.40. The largest absolute Gasteiger partial charge is 0.494 e. The lowest BCUT2D eigenvalue weighted by Crippen LogP contribution is -2.31. The van der Waals surface area contributed by atoms with Crippen LogP contribution in [0.25, 0.3) is 5.57 Å². The van der Waals surface area contributed by atoms with Crippen molar-refractivity contribution in [1.29, 1.82) is 0 Å². The molecule has 7 nitrogen and oxygen atoms in total. The second-order valence-corrected chi connectivity index (χ2v) is 7.04. The number of amides is 2. The third kappa shape index (κ3) is 4.23. The second kappa shape index (κ2) is 9.43. The van der Waals surface area contributed by atoms with Crippen LogP contribution in [-0.4, -0.2) is 29.9 Å². The van der Waals surface area contributed by atoms with Crippen LogP contribution in [0.15, 0.2) is 77.0 Å². The van der Waals surface area contributed by atoms with Crippen LogP contribution in [0.3, 0.4) is 0 Å². The molecule has 32 heavy (non-hydrogen) atoms. The van der Waals surface area contributed by atoms with Gasteiger partial charge in [-0.05, 0) is 55.8 Å². The molecule has 0 spiro atoms. The Bertz CT molecular complexity index is 1130. The summed E-state index contributed by atoms with van der Waals surface area (Å²) in [5.74, 6) is 0.984. The minimum absolute atomic E-state index is 0.0451. The molecule has 4 rings (SSSR count). The molecule has 0 saturated heterocycles. The van der Waals surface area contributed by atoms with E-state index in [9.17, 15) is 9.59 Å². The van der Waals surface area contributed by atoms with Crippen LogP contribution in [0.4, 0.5) is 5.69 Å². The first kappa shape index (κ1) is 21.2. The summed E-state index contributed by atoms with van der Waals surface area (Å²) >= 11 is 0. The molecule has 1 aliphatic heterocycles. The minimum Gasteiger partial charge on any atom is -0.494 e. The summed E-state index contributed by atoms with van der Waals surface area (Å²) in [6, 6.07) is 17.9. The van der Waals surface area contributed by atoms with Gasteiger partial charge in [0.15, 0.2) is 0 Å². The van der Waals surface area contributed by atoms with Crippen molar-refractivity contribution in [2.75, 3.05) is 18.5 Å². The van der Waals surface area contributed by atoms with E-state index in [1.54, 1.807) is 42.5 Å². The van der Waals surface area contributed by atoms with E-state index >= 15 is 0 Å². The van der Waals surface area contributed by atoms with Gasteiger partial charge in [-0.25, -0.2) is 0 Å². The topological polar surface area (TPSA) is 81.0 Å². The number of hydrogen-bond acceptors (Lipinski definition) is 6. The highest BCUT2D eigenvalue weighted by atomic mass is 16.5. The van der Waals surface area contributed by atoms with Crippen molar-refractivity contribution >= 4 is 23.1 Å². The zero-order valence-electron chi connectivity index (χ0n) is 18.0. The summed E-state index contributed by atoms with van der Waals surface area (Å²) in [7, 11) is 0. The molecule has 2 amide bonds. The number of nitrogens with one attached hydrogen (secondary N) is 1. The number of rotatable bonds is 9. The van der Waals surface area contributed by atoms with E-state index in [0.29, 0.717) is 41.7 Å². The molecule has 1 N–H and O–H groups in total. The fraction of sp³-hybridized carbons (Fsp3) is 0.200. The molecule has 0 saturated carbocycles. The second-order valence-electron chi connectivity index (χ2n) is 7.04. The quantitative estimate of drug-likeness (QED) is 0.503. The lowest BCUT2D eigenvalue weighted by Gasteiger charge is -2.15. The Balaban J connectivity index is 1.74. The van der Waals surface area contributed by atoms with Crippen LogP contribution in [0.2, 0.25) is 0 Å². The van der Waals surface area contributed by atoms with Gasteiger partial charge in [0.05, 0.1) is 37.3 Å². The smallest absolute Gasteiger partial charge is 0.278 e. The standard InChI is InChI=1S/C25H24N2O5/c1-3-30-18-13-11-17(12-14-18)22-23(26-20-9-5-6-10-21(20)31-4-2)25(29)27(24(22)28)16-19-8-7-15-32-19/h5-15,26H,3-4,16H2,1-2H3. The highest BCUT2D eigenvalue weighted by molar-refractivity contribution is 6.36. The maximum Gasteiger partial charge on any atom is 0.278 e. The maximum absolute atomic E-state index is 13.4. The Morgan fingerprint density at radius 3 is 2.31 bits per heavy atom.